The average Bonchev–Trinajstić information content (AvgIpc) is 2.38. The zero-order valence-electron chi connectivity index (χ0n) is 11.7. The Balaban J connectivity index is 2.00. The van der Waals surface area contributed by atoms with Crippen molar-refractivity contribution >= 4 is 5.96 Å². The molecule has 18 heavy (non-hydrogen) atoms. The molecule has 0 amide bonds. The van der Waals surface area contributed by atoms with Crippen molar-refractivity contribution in [2.24, 2.45) is 10.8 Å². The Morgan fingerprint density at radius 1 is 1.22 bits per heavy atom. The number of aliphatic imine (C=N–C) groups is 1. The maximum absolute atomic E-state index is 5.68. The lowest BCUT2D eigenvalue weighted by Gasteiger charge is -2.40. The number of likely N-dealkylation sites (N-methyl/N-ethyl adjacent to an activating group) is 1. The highest BCUT2D eigenvalue weighted by Crippen LogP contribution is 2.21. The van der Waals surface area contributed by atoms with Gasteiger partial charge in [-0.25, -0.2) is 10.8 Å². The second kappa shape index (κ2) is 6.38. The molecule has 1 aliphatic carbocycles. The SMILES string of the molecule is CC1CN(C)CCN1C(=NC1CCCCC1)NN. The molecule has 0 aromatic heterocycles. The monoisotopic (exact) mass is 253 g/mol. The third kappa shape index (κ3) is 3.36. The Morgan fingerprint density at radius 3 is 2.56 bits per heavy atom. The summed E-state index contributed by atoms with van der Waals surface area (Å²) in [5.74, 6) is 6.57. The van der Waals surface area contributed by atoms with Gasteiger partial charge < -0.3 is 9.80 Å². The molecule has 1 atom stereocenters. The van der Waals surface area contributed by atoms with Crippen LogP contribution >= 0.6 is 0 Å². The van der Waals surface area contributed by atoms with E-state index < -0.39 is 0 Å². The van der Waals surface area contributed by atoms with Crippen molar-refractivity contribution in [3.8, 4) is 0 Å². The third-order valence-corrected chi connectivity index (χ3v) is 4.11. The molecule has 1 saturated heterocycles. The van der Waals surface area contributed by atoms with Gasteiger partial charge in [-0.05, 0) is 26.8 Å². The first-order chi connectivity index (χ1) is 8.70. The van der Waals surface area contributed by atoms with Gasteiger partial charge in [0.15, 0.2) is 0 Å². The van der Waals surface area contributed by atoms with Crippen LogP contribution in [0.2, 0.25) is 0 Å². The second-order valence-electron chi connectivity index (χ2n) is 5.69. The van der Waals surface area contributed by atoms with E-state index in [-0.39, 0.29) is 0 Å². The van der Waals surface area contributed by atoms with Gasteiger partial charge in [0.05, 0.1) is 6.04 Å². The summed E-state index contributed by atoms with van der Waals surface area (Å²) >= 11 is 0. The van der Waals surface area contributed by atoms with E-state index in [2.05, 4.69) is 29.2 Å². The fourth-order valence-corrected chi connectivity index (χ4v) is 3.03. The zero-order chi connectivity index (χ0) is 13.0. The molecule has 5 heteroatoms. The summed E-state index contributed by atoms with van der Waals surface area (Å²) < 4.78 is 0. The van der Waals surface area contributed by atoms with Crippen LogP contribution in [0.1, 0.15) is 39.0 Å². The highest BCUT2D eigenvalue weighted by Gasteiger charge is 2.25. The predicted molar refractivity (Wildman–Crippen MR) is 75.3 cm³/mol. The van der Waals surface area contributed by atoms with E-state index in [1.807, 2.05) is 0 Å². The molecule has 0 radical (unpaired) electrons. The lowest BCUT2D eigenvalue weighted by Crippen LogP contribution is -2.57. The van der Waals surface area contributed by atoms with E-state index in [4.69, 9.17) is 10.8 Å². The van der Waals surface area contributed by atoms with Gasteiger partial charge in [0.2, 0.25) is 5.96 Å². The minimum absolute atomic E-state index is 0.469. The molecule has 5 nitrogen and oxygen atoms in total. The summed E-state index contributed by atoms with van der Waals surface area (Å²) in [5, 5.41) is 0. The first kappa shape index (κ1) is 13.6. The summed E-state index contributed by atoms with van der Waals surface area (Å²) in [6.45, 7) is 5.40. The van der Waals surface area contributed by atoms with Crippen molar-refractivity contribution in [2.75, 3.05) is 26.7 Å². The van der Waals surface area contributed by atoms with Gasteiger partial charge in [-0.3, -0.25) is 5.43 Å². The van der Waals surface area contributed by atoms with Crippen molar-refractivity contribution < 1.29 is 0 Å². The highest BCUT2D eigenvalue weighted by molar-refractivity contribution is 5.80. The summed E-state index contributed by atoms with van der Waals surface area (Å²) in [5.41, 5.74) is 2.82. The Morgan fingerprint density at radius 2 is 1.94 bits per heavy atom. The topological polar surface area (TPSA) is 56.9 Å². The maximum Gasteiger partial charge on any atom is 0.209 e. The Bertz CT molecular complexity index is 285. The number of hydrazine groups is 1. The van der Waals surface area contributed by atoms with Gasteiger partial charge in [-0.1, -0.05) is 19.3 Å². The van der Waals surface area contributed by atoms with Gasteiger partial charge in [0.25, 0.3) is 0 Å². The van der Waals surface area contributed by atoms with Crippen LogP contribution in [-0.4, -0.2) is 54.5 Å². The van der Waals surface area contributed by atoms with Crippen LogP contribution in [0.25, 0.3) is 0 Å². The van der Waals surface area contributed by atoms with Gasteiger partial charge in [-0.2, -0.15) is 0 Å². The van der Waals surface area contributed by atoms with Crippen molar-refractivity contribution in [2.45, 2.75) is 51.1 Å². The van der Waals surface area contributed by atoms with E-state index in [0.717, 1.165) is 25.6 Å². The van der Waals surface area contributed by atoms with Crippen molar-refractivity contribution in [1.29, 1.82) is 0 Å². The Kier molecular flexibility index (Phi) is 4.83. The van der Waals surface area contributed by atoms with E-state index >= 15 is 0 Å². The molecule has 0 spiro atoms. The van der Waals surface area contributed by atoms with Crippen LogP contribution in [0.15, 0.2) is 4.99 Å². The molecule has 104 valence electrons. The molecule has 2 rings (SSSR count). The number of hydrogen-bond acceptors (Lipinski definition) is 3. The molecule has 0 aromatic carbocycles. The maximum atomic E-state index is 5.68. The quantitative estimate of drug-likeness (QED) is 0.314. The van der Waals surface area contributed by atoms with Gasteiger partial charge in [0.1, 0.15) is 0 Å². The molecule has 1 aliphatic heterocycles. The molecular weight excluding hydrogens is 226 g/mol. The van der Waals surface area contributed by atoms with Crippen LogP contribution in [0, 0.1) is 0 Å². The number of hydrogen-bond donors (Lipinski definition) is 2. The molecular formula is C13H27N5. The van der Waals surface area contributed by atoms with Crippen LogP contribution in [0.3, 0.4) is 0 Å². The van der Waals surface area contributed by atoms with E-state index in [1.54, 1.807) is 0 Å². The zero-order valence-corrected chi connectivity index (χ0v) is 11.7. The number of guanidine groups is 1. The number of nitrogens with one attached hydrogen (secondary N) is 1. The molecule has 1 heterocycles. The molecule has 1 unspecified atom stereocenters. The van der Waals surface area contributed by atoms with Gasteiger partial charge in [-0.15, -0.1) is 0 Å². The van der Waals surface area contributed by atoms with Crippen molar-refractivity contribution in [3.63, 3.8) is 0 Å². The highest BCUT2D eigenvalue weighted by atomic mass is 15.4. The number of nitrogens with zero attached hydrogens (tertiary/aromatic N) is 3. The Labute approximate surface area is 110 Å². The first-order valence-corrected chi connectivity index (χ1v) is 7.20. The van der Waals surface area contributed by atoms with Crippen molar-refractivity contribution in [1.82, 2.24) is 15.2 Å². The van der Waals surface area contributed by atoms with E-state index in [0.29, 0.717) is 12.1 Å². The number of piperazine rings is 1. The van der Waals surface area contributed by atoms with E-state index in [1.165, 1.54) is 32.1 Å². The smallest absolute Gasteiger partial charge is 0.209 e. The normalized spacial score (nSPS) is 28.5. The standard InChI is InChI=1S/C13H27N5/c1-11-10-17(2)8-9-18(11)13(16-14)15-12-6-4-3-5-7-12/h11-12H,3-10,14H2,1-2H3,(H,15,16). The summed E-state index contributed by atoms with van der Waals surface area (Å²) in [6, 6.07) is 0.943. The fraction of sp³-hybridized carbons (Fsp3) is 0.923. The second-order valence-corrected chi connectivity index (χ2v) is 5.69. The van der Waals surface area contributed by atoms with Gasteiger partial charge in [0, 0.05) is 25.7 Å². The lowest BCUT2D eigenvalue weighted by molar-refractivity contribution is 0.157. The van der Waals surface area contributed by atoms with Gasteiger partial charge >= 0.3 is 0 Å². The minimum Gasteiger partial charge on any atom is -0.337 e. The summed E-state index contributed by atoms with van der Waals surface area (Å²) in [6.07, 6.45) is 6.41. The fourth-order valence-electron chi connectivity index (χ4n) is 3.03. The molecule has 3 N–H and O–H groups in total. The molecule has 2 fully saturated rings. The number of nitrogens with two attached hydrogens (primary N) is 1. The molecule has 0 aromatic rings. The van der Waals surface area contributed by atoms with Crippen molar-refractivity contribution in [3.05, 3.63) is 0 Å². The van der Waals surface area contributed by atoms with Crippen LogP contribution in [0.4, 0.5) is 0 Å². The third-order valence-electron chi connectivity index (χ3n) is 4.11. The summed E-state index contributed by atoms with van der Waals surface area (Å²) in [7, 11) is 2.17. The lowest BCUT2D eigenvalue weighted by atomic mass is 9.96. The Hall–Kier alpha value is -0.810. The van der Waals surface area contributed by atoms with Crippen LogP contribution in [-0.2, 0) is 0 Å². The average molecular weight is 253 g/mol. The van der Waals surface area contributed by atoms with Crippen LogP contribution < -0.4 is 11.3 Å². The summed E-state index contributed by atoms with van der Waals surface area (Å²) in [4.78, 5) is 9.51. The van der Waals surface area contributed by atoms with E-state index in [9.17, 15) is 0 Å². The predicted octanol–water partition coefficient (Wildman–Crippen LogP) is 0.774. The van der Waals surface area contributed by atoms with Crippen LogP contribution in [0.5, 0.6) is 0 Å². The molecule has 2 aliphatic rings. The number of rotatable bonds is 1. The minimum atomic E-state index is 0.469. The molecule has 0 bridgehead atoms. The first-order valence-electron chi connectivity index (χ1n) is 7.20. The molecule has 1 saturated carbocycles. The largest absolute Gasteiger partial charge is 0.337 e.